The van der Waals surface area contributed by atoms with E-state index in [-0.39, 0.29) is 6.61 Å². The van der Waals surface area contributed by atoms with Gasteiger partial charge < -0.3 is 10.2 Å². The van der Waals surface area contributed by atoms with Gasteiger partial charge in [0.25, 0.3) is 0 Å². The maximum Gasteiger partial charge on any atom is 0.122 e. The average Bonchev–Trinajstić information content (AvgIpc) is 2.19. The zero-order valence-electron chi connectivity index (χ0n) is 8.69. The highest BCUT2D eigenvalue weighted by Gasteiger charge is 2.14. The van der Waals surface area contributed by atoms with Gasteiger partial charge in [-0.2, -0.15) is 0 Å². The third-order valence-electron chi connectivity index (χ3n) is 2.68. The van der Waals surface area contributed by atoms with Crippen LogP contribution in [0.15, 0.2) is 4.47 Å². The fraction of sp³-hybridized carbons (Fsp3) is 0.455. The second-order valence-electron chi connectivity index (χ2n) is 3.49. The monoisotopic (exact) mass is 258 g/mol. The molecular formula is C11H15BrO2. The minimum Gasteiger partial charge on any atom is -0.507 e. The van der Waals surface area contributed by atoms with E-state index in [9.17, 15) is 5.11 Å². The molecule has 14 heavy (non-hydrogen) atoms. The summed E-state index contributed by atoms with van der Waals surface area (Å²) in [6.07, 6.45) is 0.497. The Morgan fingerprint density at radius 2 is 1.64 bits per heavy atom. The number of halogens is 1. The van der Waals surface area contributed by atoms with E-state index >= 15 is 0 Å². The van der Waals surface area contributed by atoms with E-state index in [0.29, 0.717) is 12.2 Å². The van der Waals surface area contributed by atoms with Crippen molar-refractivity contribution in [2.45, 2.75) is 27.2 Å². The van der Waals surface area contributed by atoms with Gasteiger partial charge >= 0.3 is 0 Å². The van der Waals surface area contributed by atoms with Crippen LogP contribution >= 0.6 is 15.9 Å². The zero-order chi connectivity index (χ0) is 10.9. The summed E-state index contributed by atoms with van der Waals surface area (Å²) in [5.41, 5.74) is 3.79. The van der Waals surface area contributed by atoms with E-state index in [4.69, 9.17) is 5.11 Å². The van der Waals surface area contributed by atoms with Gasteiger partial charge in [-0.15, -0.1) is 0 Å². The molecule has 3 heteroatoms. The Morgan fingerprint density at radius 1 is 1.07 bits per heavy atom. The summed E-state index contributed by atoms with van der Waals surface area (Å²) in [4.78, 5) is 0. The molecule has 0 amide bonds. The maximum absolute atomic E-state index is 9.88. The number of benzene rings is 1. The Labute approximate surface area is 92.7 Å². The third kappa shape index (κ3) is 1.79. The molecule has 0 spiro atoms. The molecule has 78 valence electrons. The first kappa shape index (κ1) is 11.5. The van der Waals surface area contributed by atoms with E-state index in [0.717, 1.165) is 26.7 Å². The van der Waals surface area contributed by atoms with Gasteiger partial charge in [-0.3, -0.25) is 0 Å². The van der Waals surface area contributed by atoms with E-state index in [1.54, 1.807) is 0 Å². The summed E-state index contributed by atoms with van der Waals surface area (Å²) in [5.74, 6) is 0.317. The minimum absolute atomic E-state index is 0.0589. The topological polar surface area (TPSA) is 40.5 Å². The normalized spacial score (nSPS) is 10.6. The largest absolute Gasteiger partial charge is 0.507 e. The van der Waals surface area contributed by atoms with E-state index in [1.165, 1.54) is 0 Å². The summed E-state index contributed by atoms with van der Waals surface area (Å²) in [7, 11) is 0. The molecule has 2 N–H and O–H groups in total. The highest BCUT2D eigenvalue weighted by molar-refractivity contribution is 9.10. The molecule has 0 saturated carbocycles. The van der Waals surface area contributed by atoms with Crippen molar-refractivity contribution >= 4 is 15.9 Å². The Balaban J connectivity index is 3.43. The van der Waals surface area contributed by atoms with Crippen molar-refractivity contribution in [3.8, 4) is 5.75 Å². The van der Waals surface area contributed by atoms with Crippen molar-refractivity contribution in [1.82, 2.24) is 0 Å². The molecule has 0 unspecified atom stereocenters. The van der Waals surface area contributed by atoms with Crippen LogP contribution in [0.5, 0.6) is 5.75 Å². The third-order valence-corrected chi connectivity index (χ3v) is 3.87. The van der Waals surface area contributed by atoms with Crippen LogP contribution in [0.4, 0.5) is 0 Å². The Hall–Kier alpha value is -0.540. The Bertz CT molecular complexity index is 330. The van der Waals surface area contributed by atoms with Crippen LogP contribution in [-0.4, -0.2) is 16.8 Å². The van der Waals surface area contributed by atoms with Gasteiger partial charge in [0.05, 0.1) is 0 Å². The van der Waals surface area contributed by atoms with E-state index in [2.05, 4.69) is 15.9 Å². The smallest absolute Gasteiger partial charge is 0.122 e. The predicted molar refractivity (Wildman–Crippen MR) is 60.8 cm³/mol. The summed E-state index contributed by atoms with van der Waals surface area (Å²) in [5, 5.41) is 18.8. The van der Waals surface area contributed by atoms with E-state index < -0.39 is 0 Å². The lowest BCUT2D eigenvalue weighted by atomic mass is 9.97. The van der Waals surface area contributed by atoms with Gasteiger partial charge in [0.15, 0.2) is 0 Å². The quantitative estimate of drug-likeness (QED) is 0.857. The Morgan fingerprint density at radius 3 is 2.14 bits per heavy atom. The number of aliphatic hydroxyl groups excluding tert-OH is 1. The molecular weight excluding hydrogens is 244 g/mol. The number of rotatable bonds is 2. The van der Waals surface area contributed by atoms with Crippen LogP contribution in [0, 0.1) is 20.8 Å². The summed E-state index contributed by atoms with van der Waals surface area (Å²) in [6.45, 7) is 5.86. The fourth-order valence-electron chi connectivity index (χ4n) is 1.58. The standard InChI is InChI=1S/C11H15BrO2/c1-6-7(2)11(14)9(4-5-13)8(3)10(6)12/h13-14H,4-5H2,1-3H3. The summed E-state index contributed by atoms with van der Waals surface area (Å²) >= 11 is 3.49. The maximum atomic E-state index is 9.88. The van der Waals surface area contributed by atoms with Crippen molar-refractivity contribution in [3.05, 3.63) is 26.7 Å². The van der Waals surface area contributed by atoms with Gasteiger partial charge in [-0.1, -0.05) is 15.9 Å². The molecule has 0 aliphatic rings. The van der Waals surface area contributed by atoms with Gasteiger partial charge in [0.2, 0.25) is 0 Å². The van der Waals surface area contributed by atoms with Crippen molar-refractivity contribution in [2.75, 3.05) is 6.61 Å². The van der Waals surface area contributed by atoms with Gasteiger partial charge in [-0.25, -0.2) is 0 Å². The molecule has 2 nitrogen and oxygen atoms in total. The molecule has 0 saturated heterocycles. The SMILES string of the molecule is Cc1c(C)c(Br)c(C)c(CCO)c1O. The van der Waals surface area contributed by atoms with E-state index in [1.807, 2.05) is 20.8 Å². The summed E-state index contributed by atoms with van der Waals surface area (Å²) in [6, 6.07) is 0. The molecule has 1 aromatic rings. The second-order valence-corrected chi connectivity index (χ2v) is 4.28. The highest BCUT2D eigenvalue weighted by Crippen LogP contribution is 2.35. The fourth-order valence-corrected chi connectivity index (χ4v) is 2.11. The van der Waals surface area contributed by atoms with Gasteiger partial charge in [0.1, 0.15) is 5.75 Å². The van der Waals surface area contributed by atoms with Crippen LogP contribution in [-0.2, 0) is 6.42 Å². The van der Waals surface area contributed by atoms with Crippen LogP contribution < -0.4 is 0 Å². The van der Waals surface area contributed by atoms with Crippen molar-refractivity contribution in [2.24, 2.45) is 0 Å². The predicted octanol–water partition coefficient (Wildman–Crippen LogP) is 2.61. The number of hydrogen-bond acceptors (Lipinski definition) is 2. The van der Waals surface area contributed by atoms with Crippen LogP contribution in [0.1, 0.15) is 22.3 Å². The molecule has 1 rings (SSSR count). The number of phenolic OH excluding ortho intramolecular Hbond substituents is 1. The molecule has 0 bridgehead atoms. The number of aliphatic hydroxyl groups is 1. The molecule has 1 aromatic carbocycles. The number of aromatic hydroxyl groups is 1. The molecule has 0 atom stereocenters. The van der Waals surface area contributed by atoms with Crippen LogP contribution in [0.2, 0.25) is 0 Å². The first-order valence-electron chi connectivity index (χ1n) is 4.58. The van der Waals surface area contributed by atoms with Crippen LogP contribution in [0.25, 0.3) is 0 Å². The zero-order valence-corrected chi connectivity index (χ0v) is 10.3. The molecule has 0 aromatic heterocycles. The first-order valence-corrected chi connectivity index (χ1v) is 5.38. The van der Waals surface area contributed by atoms with Crippen molar-refractivity contribution in [1.29, 1.82) is 0 Å². The van der Waals surface area contributed by atoms with Gasteiger partial charge in [0, 0.05) is 16.6 Å². The number of hydrogen-bond donors (Lipinski definition) is 2. The van der Waals surface area contributed by atoms with Gasteiger partial charge in [-0.05, 0) is 43.9 Å². The molecule has 0 aliphatic heterocycles. The summed E-state index contributed by atoms with van der Waals surface area (Å²) < 4.78 is 1.02. The molecule has 0 fully saturated rings. The second kappa shape index (κ2) is 4.32. The lowest BCUT2D eigenvalue weighted by Crippen LogP contribution is -1.99. The average molecular weight is 259 g/mol. The van der Waals surface area contributed by atoms with Crippen molar-refractivity contribution in [3.63, 3.8) is 0 Å². The molecule has 0 aliphatic carbocycles. The first-order chi connectivity index (χ1) is 6.50. The Kier molecular flexibility index (Phi) is 3.56. The lowest BCUT2D eigenvalue weighted by Gasteiger charge is -2.15. The minimum atomic E-state index is 0.0589. The highest BCUT2D eigenvalue weighted by atomic mass is 79.9. The lowest BCUT2D eigenvalue weighted by molar-refractivity contribution is 0.297. The molecule has 0 heterocycles. The van der Waals surface area contributed by atoms with Crippen molar-refractivity contribution < 1.29 is 10.2 Å². The van der Waals surface area contributed by atoms with Crippen LogP contribution in [0.3, 0.4) is 0 Å². The molecule has 0 radical (unpaired) electrons. The number of phenols is 1.